The average Bonchev–Trinajstić information content (AvgIpc) is 3.69. The van der Waals surface area contributed by atoms with Gasteiger partial charge in [-0.3, -0.25) is 4.79 Å². The van der Waals surface area contributed by atoms with Crippen LogP contribution in [0.4, 0.5) is 0 Å². The summed E-state index contributed by atoms with van der Waals surface area (Å²) in [6.45, 7) is 16.3. The molecule has 5 fully saturated rings. The van der Waals surface area contributed by atoms with Gasteiger partial charge in [-0.2, -0.15) is 0 Å². The van der Waals surface area contributed by atoms with E-state index in [2.05, 4.69) is 54.5 Å². The van der Waals surface area contributed by atoms with Crippen molar-refractivity contribution in [3.63, 3.8) is 0 Å². The molecule has 6 N–H and O–H groups in total. The quantitative estimate of drug-likeness (QED) is 0.0261. The Bertz CT molecular complexity index is 1560. The first-order valence-electron chi connectivity index (χ1n) is 28.5. The van der Waals surface area contributed by atoms with Crippen molar-refractivity contribution < 1.29 is 59.1 Å². The molecule has 6 aliphatic rings. The molecule has 4 aliphatic carbocycles. The van der Waals surface area contributed by atoms with E-state index in [9.17, 15) is 35.4 Å². The number of ether oxygens (including phenoxy) is 5. The zero-order chi connectivity index (χ0) is 49.9. The highest BCUT2D eigenvalue weighted by Gasteiger charge is 2.59. The lowest BCUT2D eigenvalue weighted by atomic mass is 9.47. The Morgan fingerprint density at radius 1 is 0.681 bits per heavy atom. The Labute approximate surface area is 417 Å². The monoisotopic (exact) mass is 977 g/mol. The molecule has 12 heteroatoms. The molecule has 0 spiro atoms. The van der Waals surface area contributed by atoms with E-state index < -0.39 is 74.0 Å². The molecule has 12 nitrogen and oxygen atoms in total. The number of carbonyl (C=O) groups excluding carboxylic acids is 1. The summed E-state index contributed by atoms with van der Waals surface area (Å²) in [5.41, 5.74) is 1.94. The maximum Gasteiger partial charge on any atom is 0.305 e. The number of fused-ring (bicyclic) bond motifs is 5. The summed E-state index contributed by atoms with van der Waals surface area (Å²) in [5, 5.41) is 65.3. The molecule has 19 unspecified atom stereocenters. The van der Waals surface area contributed by atoms with Gasteiger partial charge in [-0.15, -0.1) is 0 Å². The first-order chi connectivity index (χ1) is 33.0. The number of esters is 1. The van der Waals surface area contributed by atoms with Crippen molar-refractivity contribution in [2.24, 2.45) is 52.3 Å². The summed E-state index contributed by atoms with van der Waals surface area (Å²) < 4.78 is 29.6. The molecule has 0 bridgehead atoms. The highest BCUT2D eigenvalue weighted by molar-refractivity contribution is 5.69. The number of rotatable bonds is 27. The summed E-state index contributed by atoms with van der Waals surface area (Å²) in [7, 11) is 0. The molecule has 0 aromatic carbocycles. The fraction of sp³-hybridized carbons (Fsp3) is 0.947. The van der Waals surface area contributed by atoms with Crippen LogP contribution in [0.2, 0.25) is 0 Å². The molecule has 69 heavy (non-hydrogen) atoms. The Balaban J connectivity index is 0.937. The van der Waals surface area contributed by atoms with Crippen LogP contribution in [0.3, 0.4) is 0 Å². The molecule has 0 amide bonds. The van der Waals surface area contributed by atoms with Crippen LogP contribution in [0.5, 0.6) is 0 Å². The van der Waals surface area contributed by atoms with E-state index in [4.69, 9.17) is 23.7 Å². The second kappa shape index (κ2) is 26.9. The molecule has 400 valence electrons. The number of allylic oxidation sites excluding steroid dienone is 1. The molecule has 3 saturated carbocycles. The fourth-order valence-corrected chi connectivity index (χ4v) is 14.7. The minimum absolute atomic E-state index is 0.0959. The van der Waals surface area contributed by atoms with Gasteiger partial charge in [-0.1, -0.05) is 150 Å². The number of aliphatic hydroxyl groups excluding tert-OH is 6. The van der Waals surface area contributed by atoms with Gasteiger partial charge in [0.2, 0.25) is 0 Å². The SMILES string of the molecule is CCCCCCCCCCCCCCCC(=O)OCC1OC(OCC2OC(OC3CCC4(C)C(=CCC5C4CCC4(C)C(C(C)CCC(CC)C(C)C)CCC54)C3)C(O)C(O)C2O)C(O)C(O)C1O. The van der Waals surface area contributed by atoms with Crippen LogP contribution in [-0.2, 0) is 28.5 Å². The lowest BCUT2D eigenvalue weighted by Gasteiger charge is -2.58. The lowest BCUT2D eigenvalue weighted by Crippen LogP contribution is -2.62. The zero-order valence-corrected chi connectivity index (χ0v) is 44.2. The van der Waals surface area contributed by atoms with Crippen molar-refractivity contribution >= 4 is 5.97 Å². The van der Waals surface area contributed by atoms with Crippen molar-refractivity contribution in [2.75, 3.05) is 13.2 Å². The van der Waals surface area contributed by atoms with Gasteiger partial charge >= 0.3 is 5.97 Å². The molecular formula is C57H100O12. The standard InChI is InChI=1S/C57H100O12/c1-8-10-11-12-13-14-15-16-17-18-19-20-21-22-47(58)65-34-45-48(59)50(61)52(63)54(68-45)66-35-46-49(60)51(62)53(64)55(69-46)67-40-29-31-56(6)39(33-40)25-26-41-43-28-27-42(57(43,7)32-30-44(41)56)37(5)23-24-38(9-2)36(3)4/h25,36-38,40-46,48-55,59-64H,8-24,26-35H2,1-7H3. The molecule has 0 aromatic rings. The third-order valence-corrected chi connectivity index (χ3v) is 19.3. The summed E-state index contributed by atoms with van der Waals surface area (Å²) >= 11 is 0. The molecule has 19 atom stereocenters. The Kier molecular flexibility index (Phi) is 22.2. The van der Waals surface area contributed by atoms with Crippen LogP contribution >= 0.6 is 0 Å². The molecule has 2 heterocycles. The number of hydrogen-bond donors (Lipinski definition) is 6. The lowest BCUT2D eigenvalue weighted by molar-refractivity contribution is -0.336. The summed E-state index contributed by atoms with van der Waals surface area (Å²) in [4.78, 5) is 12.6. The molecule has 6 rings (SSSR count). The van der Waals surface area contributed by atoms with Crippen molar-refractivity contribution in [1.29, 1.82) is 0 Å². The largest absolute Gasteiger partial charge is 0.463 e. The normalized spacial score (nSPS) is 39.9. The van der Waals surface area contributed by atoms with E-state index in [-0.39, 0.29) is 24.5 Å². The number of hydrogen-bond acceptors (Lipinski definition) is 12. The Morgan fingerprint density at radius 2 is 1.28 bits per heavy atom. The summed E-state index contributed by atoms with van der Waals surface area (Å²) in [5.74, 6) is 4.81. The molecular weight excluding hydrogens is 877 g/mol. The van der Waals surface area contributed by atoms with Gasteiger partial charge in [0.05, 0.1) is 12.7 Å². The highest BCUT2D eigenvalue weighted by Crippen LogP contribution is 2.67. The maximum atomic E-state index is 12.6. The van der Waals surface area contributed by atoms with E-state index in [0.29, 0.717) is 23.7 Å². The minimum Gasteiger partial charge on any atom is -0.463 e. The van der Waals surface area contributed by atoms with Crippen molar-refractivity contribution in [2.45, 2.75) is 277 Å². The molecule has 2 saturated heterocycles. The van der Waals surface area contributed by atoms with Crippen LogP contribution in [0, 0.1) is 52.3 Å². The van der Waals surface area contributed by atoms with Crippen LogP contribution in [-0.4, -0.2) is 117 Å². The first-order valence-corrected chi connectivity index (χ1v) is 28.5. The van der Waals surface area contributed by atoms with Gasteiger partial charge in [0.25, 0.3) is 0 Å². The topological polar surface area (TPSA) is 185 Å². The smallest absolute Gasteiger partial charge is 0.305 e. The van der Waals surface area contributed by atoms with Crippen LogP contribution in [0.1, 0.15) is 209 Å². The third-order valence-electron chi connectivity index (χ3n) is 19.3. The first kappa shape index (κ1) is 57.1. The summed E-state index contributed by atoms with van der Waals surface area (Å²) in [6.07, 6.45) is 16.3. The van der Waals surface area contributed by atoms with Gasteiger partial charge in [0, 0.05) is 6.42 Å². The number of carbonyl (C=O) groups is 1. The summed E-state index contributed by atoms with van der Waals surface area (Å²) in [6, 6.07) is 0. The van der Waals surface area contributed by atoms with Crippen molar-refractivity contribution in [3.05, 3.63) is 11.6 Å². The van der Waals surface area contributed by atoms with E-state index in [0.717, 1.165) is 74.5 Å². The highest BCUT2D eigenvalue weighted by atomic mass is 16.7. The minimum atomic E-state index is -1.66. The van der Waals surface area contributed by atoms with Crippen LogP contribution in [0.25, 0.3) is 0 Å². The predicted octanol–water partition coefficient (Wildman–Crippen LogP) is 9.71. The molecule has 0 aromatic heterocycles. The van der Waals surface area contributed by atoms with E-state index >= 15 is 0 Å². The van der Waals surface area contributed by atoms with Gasteiger partial charge in [-0.25, -0.2) is 0 Å². The van der Waals surface area contributed by atoms with Crippen molar-refractivity contribution in [1.82, 2.24) is 0 Å². The Morgan fingerprint density at radius 3 is 1.90 bits per heavy atom. The predicted molar refractivity (Wildman–Crippen MR) is 268 cm³/mol. The van der Waals surface area contributed by atoms with Crippen LogP contribution < -0.4 is 0 Å². The van der Waals surface area contributed by atoms with E-state index in [1.54, 1.807) is 0 Å². The van der Waals surface area contributed by atoms with Gasteiger partial charge in [-0.05, 0) is 116 Å². The van der Waals surface area contributed by atoms with Gasteiger partial charge in [0.15, 0.2) is 12.6 Å². The van der Waals surface area contributed by atoms with Gasteiger partial charge < -0.3 is 54.3 Å². The van der Waals surface area contributed by atoms with Crippen LogP contribution in [0.15, 0.2) is 11.6 Å². The Hall–Kier alpha value is -1.19. The second-order valence-electron chi connectivity index (χ2n) is 24.0. The molecule has 0 radical (unpaired) electrons. The number of aliphatic hydroxyl groups is 6. The molecule has 2 aliphatic heterocycles. The van der Waals surface area contributed by atoms with Gasteiger partial charge in [0.1, 0.15) is 55.4 Å². The maximum absolute atomic E-state index is 12.6. The second-order valence-corrected chi connectivity index (χ2v) is 24.0. The number of unbranched alkanes of at least 4 members (excludes halogenated alkanes) is 12. The average molecular weight is 977 g/mol. The third kappa shape index (κ3) is 14.2. The van der Waals surface area contributed by atoms with E-state index in [1.165, 1.54) is 108 Å². The van der Waals surface area contributed by atoms with E-state index in [1.807, 2.05) is 0 Å². The van der Waals surface area contributed by atoms with Crippen molar-refractivity contribution in [3.8, 4) is 0 Å². The zero-order valence-electron chi connectivity index (χ0n) is 44.2. The fourth-order valence-electron chi connectivity index (χ4n) is 14.7.